The summed E-state index contributed by atoms with van der Waals surface area (Å²) in [6.45, 7) is 4.37. The fourth-order valence-electron chi connectivity index (χ4n) is 3.71. The molecule has 1 amide bonds. The lowest BCUT2D eigenvalue weighted by atomic mass is 9.84. The molecule has 1 aromatic heterocycles. The summed E-state index contributed by atoms with van der Waals surface area (Å²) in [5.41, 5.74) is 0. The molecular formula is C21H26N4O3. The number of aromatic nitrogens is 2. The minimum absolute atomic E-state index is 0.169. The monoisotopic (exact) mass is 382 g/mol. The van der Waals surface area contributed by atoms with Crippen LogP contribution in [-0.4, -0.2) is 53.6 Å². The normalized spacial score (nSPS) is 19.9. The van der Waals surface area contributed by atoms with Gasteiger partial charge in [-0.25, -0.2) is 9.97 Å². The van der Waals surface area contributed by atoms with Gasteiger partial charge in [-0.2, -0.15) is 0 Å². The van der Waals surface area contributed by atoms with Gasteiger partial charge in [-0.3, -0.25) is 4.79 Å². The quantitative estimate of drug-likeness (QED) is 0.792. The third kappa shape index (κ3) is 3.88. The first-order valence-electron chi connectivity index (χ1n) is 9.83. The predicted octanol–water partition coefficient (Wildman–Crippen LogP) is 3.11. The molecule has 0 bridgehead atoms. The van der Waals surface area contributed by atoms with Crippen LogP contribution < -0.4 is 14.4 Å². The van der Waals surface area contributed by atoms with E-state index >= 15 is 0 Å². The van der Waals surface area contributed by atoms with Crippen molar-refractivity contribution in [1.82, 2.24) is 14.9 Å². The van der Waals surface area contributed by atoms with Gasteiger partial charge < -0.3 is 19.3 Å². The molecule has 2 aromatic rings. The van der Waals surface area contributed by atoms with E-state index in [-0.39, 0.29) is 12.0 Å². The number of hydrogen-bond acceptors (Lipinski definition) is 6. The van der Waals surface area contributed by atoms with Crippen LogP contribution in [0.25, 0.3) is 0 Å². The predicted molar refractivity (Wildman–Crippen MR) is 106 cm³/mol. The summed E-state index contributed by atoms with van der Waals surface area (Å²) in [6.07, 6.45) is 4.79. The number of ether oxygens (including phenoxy) is 2. The number of piperazine rings is 1. The molecule has 0 unspecified atom stereocenters. The van der Waals surface area contributed by atoms with Gasteiger partial charge in [0.15, 0.2) is 0 Å². The number of methoxy groups -OCH3 is 1. The number of hydrogen-bond donors (Lipinski definition) is 0. The van der Waals surface area contributed by atoms with Crippen molar-refractivity contribution in [3.8, 4) is 17.4 Å². The van der Waals surface area contributed by atoms with Gasteiger partial charge in [0, 0.05) is 37.7 Å². The molecule has 2 aliphatic rings. The van der Waals surface area contributed by atoms with Gasteiger partial charge >= 0.3 is 0 Å². The van der Waals surface area contributed by atoms with E-state index in [1.54, 1.807) is 7.11 Å². The Morgan fingerprint density at radius 3 is 2.50 bits per heavy atom. The Kier molecular flexibility index (Phi) is 5.32. The maximum atomic E-state index is 12.6. The molecule has 4 rings (SSSR count). The molecule has 1 aliphatic carbocycles. The summed E-state index contributed by atoms with van der Waals surface area (Å²) in [7, 11) is 1.63. The summed E-state index contributed by atoms with van der Waals surface area (Å²) in [5.74, 6) is 3.35. The van der Waals surface area contributed by atoms with Crippen molar-refractivity contribution in [2.75, 3.05) is 31.6 Å². The topological polar surface area (TPSA) is 67.8 Å². The molecule has 148 valence electrons. The fraction of sp³-hybridized carbons (Fsp3) is 0.476. The molecule has 7 nitrogen and oxygen atoms in total. The van der Waals surface area contributed by atoms with Gasteiger partial charge in [-0.05, 0) is 44.0 Å². The molecule has 1 aliphatic heterocycles. The van der Waals surface area contributed by atoms with Crippen LogP contribution in [0.3, 0.4) is 0 Å². The SMILES string of the molecule is COc1ccc(Oc2cc(N3CCN(C(=O)C4CCC4)[C@H](C)C3)ncn2)cc1. The van der Waals surface area contributed by atoms with Crippen molar-refractivity contribution in [1.29, 1.82) is 0 Å². The van der Waals surface area contributed by atoms with Crippen LogP contribution >= 0.6 is 0 Å². The number of carbonyl (C=O) groups is 1. The van der Waals surface area contributed by atoms with E-state index < -0.39 is 0 Å². The zero-order valence-corrected chi connectivity index (χ0v) is 16.4. The molecule has 1 saturated heterocycles. The lowest BCUT2D eigenvalue weighted by Crippen LogP contribution is -2.56. The van der Waals surface area contributed by atoms with E-state index in [0.29, 0.717) is 17.5 Å². The van der Waals surface area contributed by atoms with Crippen LogP contribution in [0.2, 0.25) is 0 Å². The van der Waals surface area contributed by atoms with Crippen LogP contribution in [0.1, 0.15) is 26.2 Å². The van der Waals surface area contributed by atoms with Crippen molar-refractivity contribution in [3.63, 3.8) is 0 Å². The number of nitrogens with zero attached hydrogens (tertiary/aromatic N) is 4. The molecule has 0 radical (unpaired) electrons. The molecule has 0 N–H and O–H groups in total. The van der Waals surface area contributed by atoms with Crippen LogP contribution in [0.4, 0.5) is 5.82 Å². The second-order valence-corrected chi connectivity index (χ2v) is 7.45. The Labute approximate surface area is 165 Å². The molecule has 1 atom stereocenters. The highest BCUT2D eigenvalue weighted by Gasteiger charge is 2.34. The molecule has 1 saturated carbocycles. The van der Waals surface area contributed by atoms with Gasteiger partial charge in [0.1, 0.15) is 23.6 Å². The van der Waals surface area contributed by atoms with Crippen molar-refractivity contribution >= 4 is 11.7 Å². The Hall–Kier alpha value is -2.83. The number of carbonyl (C=O) groups excluding carboxylic acids is 1. The molecule has 2 heterocycles. The van der Waals surface area contributed by atoms with E-state index in [2.05, 4.69) is 21.8 Å². The smallest absolute Gasteiger partial charge is 0.226 e. The molecule has 1 aromatic carbocycles. The van der Waals surface area contributed by atoms with Gasteiger partial charge in [0.05, 0.1) is 7.11 Å². The summed E-state index contributed by atoms with van der Waals surface area (Å²) in [6, 6.07) is 9.39. The van der Waals surface area contributed by atoms with Gasteiger partial charge in [-0.1, -0.05) is 6.42 Å². The zero-order chi connectivity index (χ0) is 19.5. The molecule has 7 heteroatoms. The standard InChI is InChI=1S/C21H26N4O3/c1-15-13-24(10-11-25(15)21(26)16-4-3-5-16)19-12-20(23-14-22-19)28-18-8-6-17(27-2)7-9-18/h6-9,12,14-16H,3-5,10-11,13H2,1-2H3/t15-/m1/s1. The van der Waals surface area contributed by atoms with Gasteiger partial charge in [0.2, 0.25) is 11.8 Å². The minimum Gasteiger partial charge on any atom is -0.497 e. The van der Waals surface area contributed by atoms with E-state index in [4.69, 9.17) is 9.47 Å². The average Bonchev–Trinajstić information content (AvgIpc) is 2.67. The number of rotatable bonds is 5. The Bertz CT molecular complexity index is 823. The first-order chi connectivity index (χ1) is 13.6. The lowest BCUT2D eigenvalue weighted by Gasteiger charge is -2.43. The minimum atomic E-state index is 0.169. The Morgan fingerprint density at radius 2 is 1.86 bits per heavy atom. The van der Waals surface area contributed by atoms with E-state index in [0.717, 1.165) is 44.0 Å². The van der Waals surface area contributed by atoms with Gasteiger partial charge in [0.25, 0.3) is 0 Å². The molecule has 0 spiro atoms. The van der Waals surface area contributed by atoms with Gasteiger partial charge in [-0.15, -0.1) is 0 Å². The van der Waals surface area contributed by atoms with Crippen molar-refractivity contribution in [3.05, 3.63) is 36.7 Å². The largest absolute Gasteiger partial charge is 0.497 e. The summed E-state index contributed by atoms with van der Waals surface area (Å²) in [5, 5.41) is 0. The van der Waals surface area contributed by atoms with Crippen LogP contribution in [0.5, 0.6) is 17.4 Å². The second-order valence-electron chi connectivity index (χ2n) is 7.45. The van der Waals surface area contributed by atoms with E-state index in [1.807, 2.05) is 35.2 Å². The maximum absolute atomic E-state index is 12.6. The Morgan fingerprint density at radius 1 is 1.11 bits per heavy atom. The average molecular weight is 382 g/mol. The second kappa shape index (κ2) is 8.04. The number of benzene rings is 1. The number of amides is 1. The highest BCUT2D eigenvalue weighted by atomic mass is 16.5. The van der Waals surface area contributed by atoms with Crippen LogP contribution in [0, 0.1) is 5.92 Å². The van der Waals surface area contributed by atoms with Crippen LogP contribution in [0.15, 0.2) is 36.7 Å². The third-order valence-corrected chi connectivity index (χ3v) is 5.60. The lowest BCUT2D eigenvalue weighted by molar-refractivity contribution is -0.140. The molecular weight excluding hydrogens is 356 g/mol. The van der Waals surface area contributed by atoms with Crippen molar-refractivity contribution in [2.45, 2.75) is 32.2 Å². The highest BCUT2D eigenvalue weighted by Crippen LogP contribution is 2.30. The Balaban J connectivity index is 1.40. The summed E-state index contributed by atoms with van der Waals surface area (Å²) in [4.78, 5) is 25.5. The fourth-order valence-corrected chi connectivity index (χ4v) is 3.71. The van der Waals surface area contributed by atoms with Crippen molar-refractivity contribution < 1.29 is 14.3 Å². The van der Waals surface area contributed by atoms with Crippen LogP contribution in [-0.2, 0) is 4.79 Å². The molecule has 28 heavy (non-hydrogen) atoms. The molecule has 2 fully saturated rings. The maximum Gasteiger partial charge on any atom is 0.226 e. The zero-order valence-electron chi connectivity index (χ0n) is 16.4. The third-order valence-electron chi connectivity index (χ3n) is 5.60. The first kappa shape index (κ1) is 18.5. The van der Waals surface area contributed by atoms with Crippen molar-refractivity contribution in [2.24, 2.45) is 5.92 Å². The van der Waals surface area contributed by atoms with E-state index in [9.17, 15) is 4.79 Å². The summed E-state index contributed by atoms with van der Waals surface area (Å²) < 4.78 is 11.0. The van der Waals surface area contributed by atoms with E-state index in [1.165, 1.54) is 12.7 Å². The summed E-state index contributed by atoms with van der Waals surface area (Å²) >= 11 is 0. The highest BCUT2D eigenvalue weighted by molar-refractivity contribution is 5.80. The number of anilines is 1. The first-order valence-corrected chi connectivity index (χ1v) is 9.83.